The Balaban J connectivity index is 2.03. The number of rotatable bonds is 8. The lowest BCUT2D eigenvalue weighted by atomic mass is 9.80. The topological polar surface area (TPSA) is 68.6 Å². The maximum Gasteiger partial charge on any atom is 0.167 e. The molecule has 0 fully saturated rings. The number of fused-ring (bicyclic) bond motifs is 2. The van der Waals surface area contributed by atoms with Gasteiger partial charge in [-0.2, -0.15) is 5.26 Å². The molecule has 1 aliphatic rings. The van der Waals surface area contributed by atoms with Gasteiger partial charge in [-0.15, -0.1) is 0 Å². The minimum absolute atomic E-state index is 0.0769. The fourth-order valence-electron chi connectivity index (χ4n) is 4.20. The summed E-state index contributed by atoms with van der Waals surface area (Å²) in [7, 11) is 3.98. The van der Waals surface area contributed by atoms with Gasteiger partial charge >= 0.3 is 0 Å². The van der Waals surface area contributed by atoms with Crippen LogP contribution in [0, 0.1) is 11.3 Å². The number of nitrogens with one attached hydrogen (secondary N) is 1. The zero-order valence-corrected chi connectivity index (χ0v) is 22.0. The summed E-state index contributed by atoms with van der Waals surface area (Å²) in [6, 6.07) is 11.8. The summed E-state index contributed by atoms with van der Waals surface area (Å²) in [5.74, 6) is 0.891. The van der Waals surface area contributed by atoms with Crippen LogP contribution in [0.2, 0.25) is 0 Å². The number of hydrogen-bond acceptors (Lipinski definition) is 7. The fourth-order valence-corrected chi connectivity index (χ4v) is 4.97. The highest BCUT2D eigenvalue weighted by molar-refractivity contribution is 7.97. The van der Waals surface area contributed by atoms with Crippen LogP contribution in [0.4, 0.5) is 5.69 Å². The molecule has 0 spiro atoms. The van der Waals surface area contributed by atoms with Crippen LogP contribution in [-0.4, -0.2) is 61.9 Å². The highest BCUT2D eigenvalue weighted by Crippen LogP contribution is 2.39. The van der Waals surface area contributed by atoms with Crippen molar-refractivity contribution in [3.05, 3.63) is 52.6 Å². The lowest BCUT2D eigenvalue weighted by Crippen LogP contribution is -2.30. The molecule has 3 rings (SSSR count). The smallest absolute Gasteiger partial charge is 0.167 e. The number of carbonyl (C=O) groups is 1. The van der Waals surface area contributed by atoms with Gasteiger partial charge in [-0.05, 0) is 74.5 Å². The molecule has 0 aromatic heterocycles. The van der Waals surface area contributed by atoms with Crippen molar-refractivity contribution in [2.75, 3.05) is 52.2 Å². The Kier molecular flexibility index (Phi) is 8.64. The Bertz CT molecular complexity index is 1070. The first-order chi connectivity index (χ1) is 16.2. The molecule has 0 amide bonds. The quantitative estimate of drug-likeness (QED) is 0.535. The fraction of sp³-hybridized carbons (Fsp3) is 0.481. The zero-order chi connectivity index (χ0) is 24.9. The molecule has 0 saturated heterocycles. The Morgan fingerprint density at radius 1 is 1.18 bits per heavy atom. The Morgan fingerprint density at radius 2 is 1.91 bits per heavy atom. The number of likely N-dealkylation sites (N-methyl/N-ethyl adjacent to an activating group) is 1. The van der Waals surface area contributed by atoms with Gasteiger partial charge in [-0.1, -0.05) is 33.8 Å². The first kappa shape index (κ1) is 26.1. The van der Waals surface area contributed by atoms with Crippen molar-refractivity contribution in [2.24, 2.45) is 0 Å². The second kappa shape index (κ2) is 11.3. The normalized spacial score (nSPS) is 15.0. The molecule has 1 heterocycles. The standard InChI is InChI=1S/C27H36N4O2S/c1-7-31(8-2)11-12-33-25-16-22-21(15-26(25)34-30(5)6)24(32)14-20-10-9-19(17-28)13-23(20)29-18-27(22,3)4/h9-10,13,15-16,29H,7-8,11-12,14,18H2,1-6H3. The lowest BCUT2D eigenvalue weighted by Gasteiger charge is -2.29. The number of nitrogens with zero attached hydrogens (tertiary/aromatic N) is 3. The third-order valence-corrected chi connectivity index (χ3v) is 7.15. The molecule has 6 nitrogen and oxygen atoms in total. The molecule has 0 radical (unpaired) electrons. The Hall–Kier alpha value is -2.53. The molecule has 0 bridgehead atoms. The molecule has 7 heteroatoms. The van der Waals surface area contributed by atoms with Gasteiger partial charge in [0.25, 0.3) is 0 Å². The van der Waals surface area contributed by atoms with E-state index in [0.29, 0.717) is 18.7 Å². The maximum absolute atomic E-state index is 13.6. The van der Waals surface area contributed by atoms with Crippen LogP contribution >= 0.6 is 11.9 Å². The Labute approximate surface area is 208 Å². The number of hydrogen-bond donors (Lipinski definition) is 1. The van der Waals surface area contributed by atoms with E-state index in [-0.39, 0.29) is 17.6 Å². The predicted molar refractivity (Wildman–Crippen MR) is 140 cm³/mol. The first-order valence-electron chi connectivity index (χ1n) is 11.9. The van der Waals surface area contributed by atoms with Crippen LogP contribution in [0.1, 0.15) is 54.7 Å². The molecule has 0 aliphatic carbocycles. The van der Waals surface area contributed by atoms with Gasteiger partial charge in [-0.25, -0.2) is 0 Å². The van der Waals surface area contributed by atoms with Crippen molar-refractivity contribution >= 4 is 23.4 Å². The van der Waals surface area contributed by atoms with E-state index in [0.717, 1.165) is 52.7 Å². The van der Waals surface area contributed by atoms with Crippen LogP contribution < -0.4 is 10.1 Å². The highest BCUT2D eigenvalue weighted by atomic mass is 32.2. The number of nitriles is 1. The summed E-state index contributed by atoms with van der Waals surface area (Å²) >= 11 is 1.57. The third kappa shape index (κ3) is 6.12. The van der Waals surface area contributed by atoms with Crippen LogP contribution in [-0.2, 0) is 11.8 Å². The van der Waals surface area contributed by atoms with Crippen molar-refractivity contribution in [3.63, 3.8) is 0 Å². The largest absolute Gasteiger partial charge is 0.491 e. The van der Waals surface area contributed by atoms with Crippen molar-refractivity contribution < 1.29 is 9.53 Å². The van der Waals surface area contributed by atoms with Gasteiger partial charge in [0, 0.05) is 36.2 Å². The van der Waals surface area contributed by atoms with Gasteiger partial charge in [-0.3, -0.25) is 9.10 Å². The molecular weight excluding hydrogens is 444 g/mol. The van der Waals surface area contributed by atoms with Crippen molar-refractivity contribution in [1.29, 1.82) is 5.26 Å². The second-order valence-electron chi connectivity index (χ2n) is 9.44. The van der Waals surface area contributed by atoms with E-state index >= 15 is 0 Å². The minimum atomic E-state index is -0.326. The van der Waals surface area contributed by atoms with E-state index in [2.05, 4.69) is 50.0 Å². The molecular formula is C27H36N4O2S. The monoisotopic (exact) mass is 480 g/mol. The van der Waals surface area contributed by atoms with Crippen molar-refractivity contribution in [3.8, 4) is 11.8 Å². The molecule has 0 atom stereocenters. The van der Waals surface area contributed by atoms with Crippen molar-refractivity contribution in [1.82, 2.24) is 9.21 Å². The second-order valence-corrected chi connectivity index (χ2v) is 10.8. The van der Waals surface area contributed by atoms with Gasteiger partial charge in [0.1, 0.15) is 12.4 Å². The highest BCUT2D eigenvalue weighted by Gasteiger charge is 2.30. The van der Waals surface area contributed by atoms with E-state index < -0.39 is 0 Å². The molecule has 2 aromatic rings. The van der Waals surface area contributed by atoms with Crippen LogP contribution in [0.3, 0.4) is 0 Å². The summed E-state index contributed by atoms with van der Waals surface area (Å²) < 4.78 is 8.32. The summed E-state index contributed by atoms with van der Waals surface area (Å²) in [6.45, 7) is 12.7. The number of Topliss-reactive ketones (excluding diaryl/α,β-unsaturated/α-hetero) is 1. The molecule has 34 heavy (non-hydrogen) atoms. The van der Waals surface area contributed by atoms with Crippen LogP contribution in [0.5, 0.6) is 5.75 Å². The Morgan fingerprint density at radius 3 is 2.56 bits per heavy atom. The lowest BCUT2D eigenvalue weighted by molar-refractivity contribution is 0.0991. The van der Waals surface area contributed by atoms with Gasteiger partial charge in [0.2, 0.25) is 0 Å². The van der Waals surface area contributed by atoms with E-state index in [9.17, 15) is 10.1 Å². The SMILES string of the molecule is CCN(CC)CCOc1cc2c(cc1SN(C)C)C(=O)Cc1ccc(C#N)cc1NCC2(C)C. The molecule has 182 valence electrons. The third-order valence-electron chi connectivity index (χ3n) is 6.26. The summed E-state index contributed by atoms with van der Waals surface area (Å²) in [5.41, 5.74) is 3.75. The first-order valence-corrected chi connectivity index (χ1v) is 12.6. The summed E-state index contributed by atoms with van der Waals surface area (Å²) in [4.78, 5) is 16.9. The van der Waals surface area contributed by atoms with Crippen molar-refractivity contribution in [2.45, 2.75) is 44.4 Å². The van der Waals surface area contributed by atoms with Crippen LogP contribution in [0.15, 0.2) is 35.2 Å². The van der Waals surface area contributed by atoms with Crippen LogP contribution in [0.25, 0.3) is 0 Å². The average Bonchev–Trinajstić information content (AvgIpc) is 2.84. The predicted octanol–water partition coefficient (Wildman–Crippen LogP) is 4.98. The maximum atomic E-state index is 13.6. The number of anilines is 1. The van der Waals surface area contributed by atoms with Gasteiger partial charge in [0.15, 0.2) is 5.78 Å². The number of benzene rings is 2. The zero-order valence-electron chi connectivity index (χ0n) is 21.2. The number of ketones is 1. The van der Waals surface area contributed by atoms with E-state index in [1.807, 2.05) is 36.6 Å². The van der Waals surface area contributed by atoms with E-state index in [1.54, 1.807) is 18.0 Å². The minimum Gasteiger partial charge on any atom is -0.491 e. The number of ether oxygens (including phenoxy) is 1. The van der Waals surface area contributed by atoms with E-state index in [4.69, 9.17) is 4.74 Å². The van der Waals surface area contributed by atoms with E-state index in [1.165, 1.54) is 0 Å². The van der Waals surface area contributed by atoms with Gasteiger partial charge in [0.05, 0.1) is 16.5 Å². The average molecular weight is 481 g/mol. The molecule has 0 saturated carbocycles. The molecule has 2 aromatic carbocycles. The number of carbonyl (C=O) groups excluding carboxylic acids is 1. The summed E-state index contributed by atoms with van der Waals surface area (Å²) in [5, 5.41) is 12.8. The molecule has 1 aliphatic heterocycles. The molecule has 0 unspecified atom stereocenters. The molecule has 1 N–H and O–H groups in total. The van der Waals surface area contributed by atoms with Gasteiger partial charge < -0.3 is 15.0 Å². The summed E-state index contributed by atoms with van der Waals surface area (Å²) in [6.07, 6.45) is 0.283.